The second-order valence-electron chi connectivity index (χ2n) is 6.11. The molecule has 1 amide bonds. The van der Waals surface area contributed by atoms with Crippen LogP contribution in [0.25, 0.3) is 0 Å². The van der Waals surface area contributed by atoms with E-state index in [2.05, 4.69) is 20.8 Å². The first kappa shape index (κ1) is 19.3. The van der Waals surface area contributed by atoms with Crippen molar-refractivity contribution in [3.8, 4) is 0 Å². The monoisotopic (exact) mass is 365 g/mol. The Balaban J connectivity index is 1.89. The SMILES string of the molecule is CC(C)OCCCNC(=O)C[C@H](Cn1cnnn1)c1ccc(Cl)cc1. The maximum atomic E-state index is 12.3. The molecule has 2 aromatic rings. The van der Waals surface area contributed by atoms with Crippen LogP contribution in [0, 0.1) is 0 Å². The minimum Gasteiger partial charge on any atom is -0.379 e. The van der Waals surface area contributed by atoms with Crippen molar-refractivity contribution in [1.82, 2.24) is 25.5 Å². The standard InChI is InChI=1S/C17H24ClN5O2/c1-13(2)25-9-3-8-19-17(24)10-15(11-23-12-20-21-22-23)14-4-6-16(18)7-5-14/h4-7,12-13,15H,3,8-11H2,1-2H3,(H,19,24)/t15-/m1/s1. The van der Waals surface area contributed by atoms with Gasteiger partial charge in [0.1, 0.15) is 6.33 Å². The van der Waals surface area contributed by atoms with Gasteiger partial charge in [-0.3, -0.25) is 4.79 Å². The number of nitrogens with zero attached hydrogens (tertiary/aromatic N) is 4. The number of nitrogens with one attached hydrogen (secondary N) is 1. The van der Waals surface area contributed by atoms with E-state index in [9.17, 15) is 4.79 Å². The highest BCUT2D eigenvalue weighted by molar-refractivity contribution is 6.30. The lowest BCUT2D eigenvalue weighted by Gasteiger charge is -2.17. The number of hydrogen-bond donors (Lipinski definition) is 1. The van der Waals surface area contributed by atoms with Crippen LogP contribution in [-0.4, -0.2) is 45.4 Å². The Kier molecular flexibility index (Phi) is 7.81. The van der Waals surface area contributed by atoms with E-state index < -0.39 is 0 Å². The van der Waals surface area contributed by atoms with Crippen molar-refractivity contribution in [3.63, 3.8) is 0 Å². The molecule has 0 aliphatic rings. The van der Waals surface area contributed by atoms with Crippen LogP contribution in [0.3, 0.4) is 0 Å². The van der Waals surface area contributed by atoms with Crippen molar-refractivity contribution < 1.29 is 9.53 Å². The maximum absolute atomic E-state index is 12.3. The van der Waals surface area contributed by atoms with Gasteiger partial charge in [-0.25, -0.2) is 4.68 Å². The number of carbonyl (C=O) groups is 1. The highest BCUT2D eigenvalue weighted by Gasteiger charge is 2.17. The average Bonchev–Trinajstić information content (AvgIpc) is 3.07. The van der Waals surface area contributed by atoms with Crippen molar-refractivity contribution in [2.24, 2.45) is 0 Å². The zero-order valence-corrected chi connectivity index (χ0v) is 15.3. The number of carbonyl (C=O) groups excluding carboxylic acids is 1. The number of halogens is 1. The van der Waals surface area contributed by atoms with E-state index in [0.29, 0.717) is 31.1 Å². The van der Waals surface area contributed by atoms with Gasteiger partial charge in [-0.2, -0.15) is 0 Å². The lowest BCUT2D eigenvalue weighted by Crippen LogP contribution is -2.28. The number of ether oxygens (including phenoxy) is 1. The van der Waals surface area contributed by atoms with Crippen molar-refractivity contribution in [2.45, 2.75) is 45.3 Å². The molecule has 0 fully saturated rings. The Labute approximate surface area is 152 Å². The first-order valence-electron chi connectivity index (χ1n) is 8.39. The van der Waals surface area contributed by atoms with Gasteiger partial charge in [0.25, 0.3) is 0 Å². The fourth-order valence-corrected chi connectivity index (χ4v) is 2.55. The summed E-state index contributed by atoms with van der Waals surface area (Å²) in [5, 5.41) is 14.8. The Morgan fingerprint density at radius 1 is 1.32 bits per heavy atom. The third-order valence-electron chi connectivity index (χ3n) is 3.67. The van der Waals surface area contributed by atoms with Gasteiger partial charge in [0.15, 0.2) is 0 Å². The van der Waals surface area contributed by atoms with Gasteiger partial charge in [-0.05, 0) is 48.4 Å². The molecule has 0 radical (unpaired) electrons. The Bertz CT molecular complexity index is 631. The van der Waals surface area contributed by atoms with Crippen LogP contribution in [0.1, 0.15) is 38.2 Å². The Hall–Kier alpha value is -1.99. The van der Waals surface area contributed by atoms with Crippen LogP contribution in [0.15, 0.2) is 30.6 Å². The van der Waals surface area contributed by atoms with Crippen LogP contribution in [0.5, 0.6) is 0 Å². The second kappa shape index (κ2) is 10.1. The van der Waals surface area contributed by atoms with Crippen LogP contribution < -0.4 is 5.32 Å². The molecular weight excluding hydrogens is 342 g/mol. The van der Waals surface area contributed by atoms with Gasteiger partial charge in [-0.15, -0.1) is 5.10 Å². The predicted octanol–water partition coefficient (Wildman–Crippen LogP) is 2.43. The van der Waals surface area contributed by atoms with Crippen molar-refractivity contribution >= 4 is 17.5 Å². The lowest BCUT2D eigenvalue weighted by molar-refractivity contribution is -0.121. The van der Waals surface area contributed by atoms with E-state index >= 15 is 0 Å². The Morgan fingerprint density at radius 2 is 2.08 bits per heavy atom. The summed E-state index contributed by atoms with van der Waals surface area (Å²) >= 11 is 5.96. The summed E-state index contributed by atoms with van der Waals surface area (Å²) in [4.78, 5) is 12.3. The highest BCUT2D eigenvalue weighted by Crippen LogP contribution is 2.23. The second-order valence-corrected chi connectivity index (χ2v) is 6.54. The number of aromatic nitrogens is 4. The molecule has 1 aromatic carbocycles. The summed E-state index contributed by atoms with van der Waals surface area (Å²) in [5.41, 5.74) is 1.03. The van der Waals surface area contributed by atoms with E-state index in [1.54, 1.807) is 11.0 Å². The average molecular weight is 366 g/mol. The molecule has 1 atom stereocenters. The molecule has 0 saturated heterocycles. The first-order valence-corrected chi connectivity index (χ1v) is 8.77. The maximum Gasteiger partial charge on any atom is 0.220 e. The summed E-state index contributed by atoms with van der Waals surface area (Å²) in [6.45, 7) is 5.76. The quantitative estimate of drug-likeness (QED) is 0.654. The predicted molar refractivity (Wildman–Crippen MR) is 95.3 cm³/mol. The van der Waals surface area contributed by atoms with Gasteiger partial charge in [0, 0.05) is 30.5 Å². The van der Waals surface area contributed by atoms with E-state index in [0.717, 1.165) is 12.0 Å². The lowest BCUT2D eigenvalue weighted by atomic mass is 9.95. The van der Waals surface area contributed by atoms with Crippen molar-refractivity contribution in [2.75, 3.05) is 13.2 Å². The third kappa shape index (κ3) is 7.19. The fourth-order valence-electron chi connectivity index (χ4n) is 2.43. The molecule has 1 N–H and O–H groups in total. The number of hydrogen-bond acceptors (Lipinski definition) is 5. The molecule has 8 heteroatoms. The number of rotatable bonds is 10. The Morgan fingerprint density at radius 3 is 2.72 bits per heavy atom. The summed E-state index contributed by atoms with van der Waals surface area (Å²) < 4.78 is 7.09. The first-order chi connectivity index (χ1) is 12.0. The molecule has 0 unspecified atom stereocenters. The zero-order chi connectivity index (χ0) is 18.1. The fraction of sp³-hybridized carbons (Fsp3) is 0.529. The van der Waals surface area contributed by atoms with Crippen molar-refractivity contribution in [1.29, 1.82) is 0 Å². The molecule has 0 spiro atoms. The molecule has 1 aromatic heterocycles. The van der Waals surface area contributed by atoms with Crippen LogP contribution >= 0.6 is 11.6 Å². The molecule has 136 valence electrons. The molecule has 7 nitrogen and oxygen atoms in total. The van der Waals surface area contributed by atoms with Crippen molar-refractivity contribution in [3.05, 3.63) is 41.2 Å². The minimum atomic E-state index is -0.0346. The van der Waals surface area contributed by atoms with Crippen LogP contribution in [-0.2, 0) is 16.1 Å². The van der Waals surface area contributed by atoms with E-state index in [-0.39, 0.29) is 17.9 Å². The van der Waals surface area contributed by atoms with E-state index in [4.69, 9.17) is 16.3 Å². The summed E-state index contributed by atoms with van der Waals surface area (Å²) in [7, 11) is 0. The molecule has 1 heterocycles. The smallest absolute Gasteiger partial charge is 0.220 e. The summed E-state index contributed by atoms with van der Waals surface area (Å²) in [6, 6.07) is 7.51. The molecule has 25 heavy (non-hydrogen) atoms. The largest absolute Gasteiger partial charge is 0.379 e. The van der Waals surface area contributed by atoms with Gasteiger partial charge in [-0.1, -0.05) is 23.7 Å². The molecule has 0 saturated carbocycles. The molecule has 0 aliphatic carbocycles. The van der Waals surface area contributed by atoms with E-state index in [1.165, 1.54) is 0 Å². The topological polar surface area (TPSA) is 81.9 Å². The van der Waals surface area contributed by atoms with Gasteiger partial charge < -0.3 is 10.1 Å². The van der Waals surface area contributed by atoms with Crippen LogP contribution in [0.4, 0.5) is 0 Å². The van der Waals surface area contributed by atoms with Crippen LogP contribution in [0.2, 0.25) is 5.02 Å². The summed E-state index contributed by atoms with van der Waals surface area (Å²) in [5.74, 6) is -0.0368. The van der Waals surface area contributed by atoms with E-state index in [1.807, 2.05) is 38.1 Å². The number of benzene rings is 1. The molecule has 0 bridgehead atoms. The zero-order valence-electron chi connectivity index (χ0n) is 14.6. The summed E-state index contributed by atoms with van der Waals surface area (Å²) in [6.07, 6.45) is 2.90. The molecule has 2 rings (SSSR count). The normalized spacial score (nSPS) is 12.3. The minimum absolute atomic E-state index is 0.00225. The highest BCUT2D eigenvalue weighted by atomic mass is 35.5. The van der Waals surface area contributed by atoms with Gasteiger partial charge in [0.05, 0.1) is 12.6 Å². The van der Waals surface area contributed by atoms with Gasteiger partial charge >= 0.3 is 0 Å². The molecular formula is C17H24ClN5O2. The van der Waals surface area contributed by atoms with Gasteiger partial charge in [0.2, 0.25) is 5.91 Å². The third-order valence-corrected chi connectivity index (χ3v) is 3.92. The number of tetrazole rings is 1. The molecule has 0 aliphatic heterocycles. The number of amides is 1.